The summed E-state index contributed by atoms with van der Waals surface area (Å²) in [6, 6.07) is 9.14. The third-order valence-electron chi connectivity index (χ3n) is 2.01. The highest BCUT2D eigenvalue weighted by molar-refractivity contribution is 7.20. The van der Waals surface area contributed by atoms with Gasteiger partial charge in [-0.05, 0) is 36.4 Å². The first-order valence-corrected chi connectivity index (χ1v) is 5.65. The number of hydrogen-bond acceptors (Lipinski definition) is 2. The normalized spacial score (nSPS) is 10.1. The summed E-state index contributed by atoms with van der Waals surface area (Å²) in [5.74, 6) is -0.334. The Hall–Kier alpha value is -1.39. The number of benzene rings is 1. The molecule has 5 heteroatoms. The topological polar surface area (TPSA) is 20.3 Å². The maximum absolute atomic E-state index is 12.7. The lowest BCUT2D eigenvalue weighted by Crippen LogP contribution is -2.12. The van der Waals surface area contributed by atoms with Crippen LogP contribution in [0, 0.1) is 5.82 Å². The Kier molecular flexibility index (Phi) is 3.22. The number of halogens is 2. The van der Waals surface area contributed by atoms with E-state index in [2.05, 4.69) is 0 Å². The molecule has 0 aliphatic rings. The minimum atomic E-state index is -0.334. The molecular weight excluding hydrogens is 249 g/mol. The van der Waals surface area contributed by atoms with Crippen molar-refractivity contribution in [2.24, 2.45) is 0 Å². The van der Waals surface area contributed by atoms with Crippen molar-refractivity contribution < 1.29 is 9.18 Å². The number of nitrogens with zero attached hydrogens (tertiary/aromatic N) is 1. The Morgan fingerprint density at radius 2 is 1.88 bits per heavy atom. The predicted octanol–water partition coefficient (Wildman–Crippen LogP) is 3.84. The Labute approximate surface area is 101 Å². The molecule has 0 spiro atoms. The summed E-state index contributed by atoms with van der Waals surface area (Å²) in [6.07, 6.45) is 0.676. The molecular formula is C11H7ClFNOS. The van der Waals surface area contributed by atoms with Crippen molar-refractivity contribution in [2.45, 2.75) is 0 Å². The molecule has 0 saturated heterocycles. The average Bonchev–Trinajstić information content (AvgIpc) is 2.69. The number of thiophene rings is 1. The van der Waals surface area contributed by atoms with E-state index in [0.29, 0.717) is 21.4 Å². The quantitative estimate of drug-likeness (QED) is 0.763. The van der Waals surface area contributed by atoms with Gasteiger partial charge in [-0.1, -0.05) is 11.6 Å². The van der Waals surface area contributed by atoms with Crippen molar-refractivity contribution in [1.82, 2.24) is 0 Å². The van der Waals surface area contributed by atoms with Crippen molar-refractivity contribution in [3.63, 3.8) is 0 Å². The second-order valence-electron chi connectivity index (χ2n) is 3.03. The zero-order valence-corrected chi connectivity index (χ0v) is 9.63. The highest BCUT2D eigenvalue weighted by Gasteiger charge is 2.10. The van der Waals surface area contributed by atoms with Crippen LogP contribution in [-0.4, -0.2) is 6.41 Å². The summed E-state index contributed by atoms with van der Waals surface area (Å²) in [5.41, 5.74) is 0.606. The van der Waals surface area contributed by atoms with E-state index in [0.717, 1.165) is 0 Å². The molecule has 0 N–H and O–H groups in total. The first-order chi connectivity index (χ1) is 7.70. The van der Waals surface area contributed by atoms with Gasteiger partial charge in [-0.25, -0.2) is 4.39 Å². The van der Waals surface area contributed by atoms with Gasteiger partial charge in [0.05, 0.1) is 4.34 Å². The second kappa shape index (κ2) is 4.63. The van der Waals surface area contributed by atoms with Gasteiger partial charge in [-0.3, -0.25) is 9.69 Å². The number of carbonyl (C=O) groups is 1. The van der Waals surface area contributed by atoms with E-state index in [1.165, 1.54) is 40.5 Å². The molecule has 82 valence electrons. The SMILES string of the molecule is O=CN(c1ccc(F)cc1)c1ccc(Cl)s1. The van der Waals surface area contributed by atoms with Crippen LogP contribution < -0.4 is 4.90 Å². The number of carbonyl (C=O) groups excluding carboxylic acids is 1. The molecule has 0 aliphatic carbocycles. The van der Waals surface area contributed by atoms with Crippen LogP contribution in [-0.2, 0) is 4.79 Å². The molecule has 0 unspecified atom stereocenters. The standard InChI is InChI=1S/C11H7ClFNOS/c12-10-5-6-11(16-10)14(7-15)9-3-1-8(13)2-4-9/h1-7H. The zero-order chi connectivity index (χ0) is 11.5. The first-order valence-electron chi connectivity index (χ1n) is 4.46. The Morgan fingerprint density at radius 1 is 1.19 bits per heavy atom. The summed E-state index contributed by atoms with van der Waals surface area (Å²) in [4.78, 5) is 12.4. The van der Waals surface area contributed by atoms with Crippen molar-refractivity contribution in [2.75, 3.05) is 4.90 Å². The molecule has 0 fully saturated rings. The number of hydrogen-bond donors (Lipinski definition) is 0. The molecule has 0 bridgehead atoms. The molecule has 2 aromatic rings. The van der Waals surface area contributed by atoms with Gasteiger partial charge in [0.1, 0.15) is 10.8 Å². The van der Waals surface area contributed by atoms with Crippen LogP contribution in [0.2, 0.25) is 4.34 Å². The summed E-state index contributed by atoms with van der Waals surface area (Å²) >= 11 is 7.08. The zero-order valence-electron chi connectivity index (χ0n) is 8.06. The molecule has 1 aromatic heterocycles. The highest BCUT2D eigenvalue weighted by atomic mass is 35.5. The smallest absolute Gasteiger partial charge is 0.219 e. The predicted molar refractivity (Wildman–Crippen MR) is 63.9 cm³/mol. The van der Waals surface area contributed by atoms with Crippen LogP contribution in [0.1, 0.15) is 0 Å². The number of amides is 1. The van der Waals surface area contributed by atoms with Crippen molar-refractivity contribution >= 4 is 40.0 Å². The van der Waals surface area contributed by atoms with Gasteiger partial charge in [0.2, 0.25) is 6.41 Å². The molecule has 16 heavy (non-hydrogen) atoms. The van der Waals surface area contributed by atoms with Gasteiger partial charge in [0.25, 0.3) is 0 Å². The molecule has 2 rings (SSSR count). The lowest BCUT2D eigenvalue weighted by atomic mass is 10.3. The van der Waals surface area contributed by atoms with Gasteiger partial charge < -0.3 is 0 Å². The van der Waals surface area contributed by atoms with Gasteiger partial charge >= 0.3 is 0 Å². The van der Waals surface area contributed by atoms with Gasteiger partial charge in [0, 0.05) is 5.69 Å². The Morgan fingerprint density at radius 3 is 2.38 bits per heavy atom. The summed E-state index contributed by atoms with van der Waals surface area (Å²) in [7, 11) is 0. The summed E-state index contributed by atoms with van der Waals surface area (Å²) < 4.78 is 13.3. The molecule has 1 aromatic carbocycles. The first kappa shape index (κ1) is 11.1. The summed E-state index contributed by atoms with van der Waals surface area (Å²) in [5, 5.41) is 0.701. The maximum atomic E-state index is 12.7. The minimum Gasteiger partial charge on any atom is -0.278 e. The lowest BCUT2D eigenvalue weighted by Gasteiger charge is -2.14. The fourth-order valence-corrected chi connectivity index (χ4v) is 2.29. The molecule has 0 aliphatic heterocycles. The van der Waals surface area contributed by atoms with E-state index in [-0.39, 0.29) is 5.82 Å². The molecule has 1 amide bonds. The van der Waals surface area contributed by atoms with Crippen molar-refractivity contribution in [1.29, 1.82) is 0 Å². The van der Waals surface area contributed by atoms with Crippen LogP contribution in [0.25, 0.3) is 0 Å². The fraction of sp³-hybridized carbons (Fsp3) is 0. The molecule has 0 radical (unpaired) electrons. The van der Waals surface area contributed by atoms with Crippen molar-refractivity contribution in [3.8, 4) is 0 Å². The van der Waals surface area contributed by atoms with Crippen LogP contribution in [0.3, 0.4) is 0 Å². The van der Waals surface area contributed by atoms with E-state index in [1.807, 2.05) is 0 Å². The molecule has 0 atom stereocenters. The van der Waals surface area contributed by atoms with Crippen LogP contribution >= 0.6 is 22.9 Å². The Balaban J connectivity index is 2.36. The van der Waals surface area contributed by atoms with E-state index in [9.17, 15) is 9.18 Å². The second-order valence-corrected chi connectivity index (χ2v) is 4.72. The monoisotopic (exact) mass is 255 g/mol. The van der Waals surface area contributed by atoms with Gasteiger partial charge in [-0.15, -0.1) is 11.3 Å². The largest absolute Gasteiger partial charge is 0.278 e. The van der Waals surface area contributed by atoms with Crippen molar-refractivity contribution in [3.05, 3.63) is 46.6 Å². The molecule has 1 heterocycles. The van der Waals surface area contributed by atoms with Gasteiger partial charge in [0.15, 0.2) is 0 Å². The average molecular weight is 256 g/mol. The van der Waals surface area contributed by atoms with E-state index in [1.54, 1.807) is 12.1 Å². The highest BCUT2D eigenvalue weighted by Crippen LogP contribution is 2.33. The third-order valence-corrected chi connectivity index (χ3v) is 3.24. The van der Waals surface area contributed by atoms with Crippen LogP contribution in [0.15, 0.2) is 36.4 Å². The van der Waals surface area contributed by atoms with Crippen LogP contribution in [0.5, 0.6) is 0 Å². The van der Waals surface area contributed by atoms with Crippen LogP contribution in [0.4, 0.5) is 15.1 Å². The summed E-state index contributed by atoms with van der Waals surface area (Å²) in [6.45, 7) is 0. The van der Waals surface area contributed by atoms with Gasteiger partial charge in [-0.2, -0.15) is 0 Å². The Bertz CT molecular complexity index is 497. The van der Waals surface area contributed by atoms with E-state index < -0.39 is 0 Å². The third kappa shape index (κ3) is 2.23. The molecule has 0 saturated carbocycles. The minimum absolute atomic E-state index is 0.334. The lowest BCUT2D eigenvalue weighted by molar-refractivity contribution is -0.106. The fourth-order valence-electron chi connectivity index (χ4n) is 1.28. The maximum Gasteiger partial charge on any atom is 0.219 e. The van der Waals surface area contributed by atoms with E-state index >= 15 is 0 Å². The molecule has 2 nitrogen and oxygen atoms in total. The number of anilines is 2. The number of rotatable bonds is 3. The van der Waals surface area contributed by atoms with E-state index in [4.69, 9.17) is 11.6 Å².